The van der Waals surface area contributed by atoms with Crippen LogP contribution in [0.3, 0.4) is 0 Å². The molecule has 0 aliphatic carbocycles. The summed E-state index contributed by atoms with van der Waals surface area (Å²) in [6, 6.07) is 12.5. The molecule has 0 unspecified atom stereocenters. The summed E-state index contributed by atoms with van der Waals surface area (Å²) in [7, 11) is 0. The molecule has 0 bridgehead atoms. The molecule has 0 aliphatic rings. The Bertz CT molecular complexity index is 858. The number of nitrogens with zero attached hydrogens (tertiary/aromatic N) is 2. The van der Waals surface area contributed by atoms with Gasteiger partial charge in [-0.1, -0.05) is 53.2 Å². The lowest BCUT2D eigenvalue weighted by molar-refractivity contribution is -0.118. The Balaban J connectivity index is 1.55. The summed E-state index contributed by atoms with van der Waals surface area (Å²) in [6.45, 7) is 0. The lowest BCUT2D eigenvalue weighted by Gasteiger charge is -2.01. The van der Waals surface area contributed by atoms with Crippen molar-refractivity contribution < 1.29 is 9.21 Å². The van der Waals surface area contributed by atoms with Gasteiger partial charge in [-0.3, -0.25) is 4.79 Å². The van der Waals surface area contributed by atoms with E-state index in [1.807, 2.05) is 24.3 Å². The Kier molecular flexibility index (Phi) is 5.40. The number of rotatable bonds is 5. The third-order valence-electron chi connectivity index (χ3n) is 2.98. The maximum absolute atomic E-state index is 11.8. The summed E-state index contributed by atoms with van der Waals surface area (Å²) < 4.78 is 5.52. The van der Waals surface area contributed by atoms with Crippen molar-refractivity contribution in [1.29, 1.82) is 0 Å². The van der Waals surface area contributed by atoms with Crippen LogP contribution in [0, 0.1) is 0 Å². The largest absolute Gasteiger partial charge is 0.431 e. The molecular formula is C16H11Cl2N3O2S. The number of carbonyl (C=O) groups is 1. The molecule has 1 amide bonds. The first-order valence-corrected chi connectivity index (χ1v) is 8.62. The van der Waals surface area contributed by atoms with Crippen LogP contribution in [-0.2, 0) is 4.79 Å². The summed E-state index contributed by atoms with van der Waals surface area (Å²) in [5.41, 5.74) is 4.40. The standard InChI is InChI=1S/C16H11Cl2N3O2S/c17-11-4-3-5-12(18)10(11)8-19-21-15(22)9-24-16-20-13-6-1-2-7-14(13)23-16/h1-8H,9H2,(H,21,22)/b19-8-. The normalized spacial score (nSPS) is 11.2. The van der Waals surface area contributed by atoms with Crippen molar-refractivity contribution in [3.8, 4) is 0 Å². The molecule has 0 aliphatic heterocycles. The molecule has 24 heavy (non-hydrogen) atoms. The smallest absolute Gasteiger partial charge is 0.257 e. The number of amides is 1. The second-order valence-electron chi connectivity index (χ2n) is 4.66. The Morgan fingerprint density at radius 1 is 1.21 bits per heavy atom. The van der Waals surface area contributed by atoms with Gasteiger partial charge in [-0.25, -0.2) is 10.4 Å². The van der Waals surface area contributed by atoms with Crippen molar-refractivity contribution in [1.82, 2.24) is 10.4 Å². The third-order valence-corrected chi connectivity index (χ3v) is 4.47. The van der Waals surface area contributed by atoms with Crippen LogP contribution in [0.2, 0.25) is 10.0 Å². The highest BCUT2D eigenvalue weighted by atomic mass is 35.5. The summed E-state index contributed by atoms with van der Waals surface area (Å²) in [4.78, 5) is 16.1. The van der Waals surface area contributed by atoms with Gasteiger partial charge in [0.25, 0.3) is 11.1 Å². The number of carbonyl (C=O) groups excluding carboxylic acids is 1. The minimum Gasteiger partial charge on any atom is -0.431 e. The molecule has 2 aromatic carbocycles. The first-order chi connectivity index (χ1) is 11.6. The number of oxazole rings is 1. The fourth-order valence-corrected chi connectivity index (χ4v) is 3.00. The quantitative estimate of drug-likeness (QED) is 0.405. The number of nitrogens with one attached hydrogen (secondary N) is 1. The van der Waals surface area contributed by atoms with Crippen LogP contribution in [0.25, 0.3) is 11.1 Å². The predicted octanol–water partition coefficient (Wildman–Crippen LogP) is 4.38. The lowest BCUT2D eigenvalue weighted by Crippen LogP contribution is -2.19. The molecule has 0 atom stereocenters. The van der Waals surface area contributed by atoms with Crippen molar-refractivity contribution in [2.75, 3.05) is 5.75 Å². The number of hydrogen-bond donors (Lipinski definition) is 1. The monoisotopic (exact) mass is 379 g/mol. The molecule has 3 rings (SSSR count). The van der Waals surface area contributed by atoms with Gasteiger partial charge in [0.2, 0.25) is 0 Å². The molecule has 0 spiro atoms. The second-order valence-corrected chi connectivity index (χ2v) is 6.41. The number of aromatic nitrogens is 1. The summed E-state index contributed by atoms with van der Waals surface area (Å²) in [5.74, 6) is -0.165. The number of hydrazone groups is 1. The van der Waals surface area contributed by atoms with Crippen molar-refractivity contribution in [2.24, 2.45) is 5.10 Å². The Morgan fingerprint density at radius 2 is 1.96 bits per heavy atom. The Labute approximate surface area is 152 Å². The highest BCUT2D eigenvalue weighted by molar-refractivity contribution is 7.99. The van der Waals surface area contributed by atoms with Crippen molar-refractivity contribution in [3.63, 3.8) is 0 Å². The molecule has 0 saturated carbocycles. The van der Waals surface area contributed by atoms with Gasteiger partial charge < -0.3 is 4.42 Å². The average molecular weight is 380 g/mol. The Hall–Kier alpha value is -2.02. The third kappa shape index (κ3) is 4.08. The number of thioether (sulfide) groups is 1. The van der Waals surface area contributed by atoms with Gasteiger partial charge in [-0.15, -0.1) is 0 Å². The molecule has 5 nitrogen and oxygen atoms in total. The van der Waals surface area contributed by atoms with E-state index >= 15 is 0 Å². The number of para-hydroxylation sites is 2. The molecule has 1 heterocycles. The van der Waals surface area contributed by atoms with E-state index in [2.05, 4.69) is 15.5 Å². The average Bonchev–Trinajstić information content (AvgIpc) is 2.98. The fourth-order valence-electron chi connectivity index (χ4n) is 1.88. The van der Waals surface area contributed by atoms with Gasteiger partial charge in [0.15, 0.2) is 5.58 Å². The molecule has 122 valence electrons. The van der Waals surface area contributed by atoms with Crippen LogP contribution in [0.4, 0.5) is 0 Å². The Morgan fingerprint density at radius 3 is 2.71 bits per heavy atom. The second kappa shape index (κ2) is 7.70. The fraction of sp³-hybridized carbons (Fsp3) is 0.0625. The van der Waals surface area contributed by atoms with Gasteiger partial charge in [0, 0.05) is 5.56 Å². The van der Waals surface area contributed by atoms with E-state index in [0.717, 1.165) is 5.52 Å². The minimum absolute atomic E-state index is 0.125. The molecular weight excluding hydrogens is 369 g/mol. The van der Waals surface area contributed by atoms with Crippen LogP contribution >= 0.6 is 35.0 Å². The predicted molar refractivity (Wildman–Crippen MR) is 96.9 cm³/mol. The van der Waals surface area contributed by atoms with Gasteiger partial charge in [0.05, 0.1) is 22.0 Å². The van der Waals surface area contributed by atoms with Gasteiger partial charge in [-0.2, -0.15) is 5.10 Å². The number of fused-ring (bicyclic) bond motifs is 1. The van der Waals surface area contributed by atoms with E-state index in [-0.39, 0.29) is 11.7 Å². The van der Waals surface area contributed by atoms with E-state index in [9.17, 15) is 4.79 Å². The molecule has 0 saturated heterocycles. The van der Waals surface area contributed by atoms with Crippen LogP contribution < -0.4 is 5.43 Å². The maximum atomic E-state index is 11.8. The molecule has 3 aromatic rings. The zero-order chi connectivity index (χ0) is 16.9. The first kappa shape index (κ1) is 16.8. The zero-order valence-corrected chi connectivity index (χ0v) is 14.5. The minimum atomic E-state index is -0.290. The van der Waals surface area contributed by atoms with Crippen LogP contribution in [-0.4, -0.2) is 22.9 Å². The number of halogens is 2. The highest BCUT2D eigenvalue weighted by Crippen LogP contribution is 2.23. The maximum Gasteiger partial charge on any atom is 0.257 e. The topological polar surface area (TPSA) is 67.5 Å². The van der Waals surface area contributed by atoms with Gasteiger partial charge >= 0.3 is 0 Å². The summed E-state index contributed by atoms with van der Waals surface area (Å²) in [5, 5.41) is 5.21. The van der Waals surface area contributed by atoms with E-state index < -0.39 is 0 Å². The molecule has 1 aromatic heterocycles. The van der Waals surface area contributed by atoms with E-state index in [1.54, 1.807) is 18.2 Å². The van der Waals surface area contributed by atoms with E-state index in [1.165, 1.54) is 18.0 Å². The van der Waals surface area contributed by atoms with Crippen LogP contribution in [0.15, 0.2) is 57.2 Å². The van der Waals surface area contributed by atoms with E-state index in [0.29, 0.717) is 26.4 Å². The molecule has 0 radical (unpaired) electrons. The van der Waals surface area contributed by atoms with E-state index in [4.69, 9.17) is 27.6 Å². The summed E-state index contributed by atoms with van der Waals surface area (Å²) >= 11 is 13.2. The van der Waals surface area contributed by atoms with Crippen molar-refractivity contribution in [2.45, 2.75) is 5.22 Å². The molecule has 8 heteroatoms. The van der Waals surface area contributed by atoms with Crippen molar-refractivity contribution in [3.05, 3.63) is 58.1 Å². The summed E-state index contributed by atoms with van der Waals surface area (Å²) in [6.07, 6.45) is 1.41. The highest BCUT2D eigenvalue weighted by Gasteiger charge is 2.08. The molecule has 0 fully saturated rings. The van der Waals surface area contributed by atoms with Crippen molar-refractivity contribution >= 4 is 58.2 Å². The van der Waals surface area contributed by atoms with Gasteiger partial charge in [-0.05, 0) is 24.3 Å². The first-order valence-electron chi connectivity index (χ1n) is 6.88. The SMILES string of the molecule is O=C(CSc1nc2ccccc2o1)N/N=C\c1c(Cl)cccc1Cl. The van der Waals surface area contributed by atoms with Crippen LogP contribution in [0.1, 0.15) is 5.56 Å². The lowest BCUT2D eigenvalue weighted by atomic mass is 10.2. The van der Waals surface area contributed by atoms with Gasteiger partial charge in [0.1, 0.15) is 5.52 Å². The molecule has 1 N–H and O–H groups in total. The number of hydrogen-bond acceptors (Lipinski definition) is 5. The zero-order valence-electron chi connectivity index (χ0n) is 12.2. The number of benzene rings is 2. The van der Waals surface area contributed by atoms with Crippen LogP contribution in [0.5, 0.6) is 0 Å².